The Balaban J connectivity index is 1.72. The minimum absolute atomic E-state index is 0.0410. The number of carbonyl (C=O) groups excluding carboxylic acids is 3. The summed E-state index contributed by atoms with van der Waals surface area (Å²) in [7, 11) is 0. The molecule has 0 bridgehead atoms. The normalized spacial score (nSPS) is 10.2. The van der Waals surface area contributed by atoms with E-state index in [1.807, 2.05) is 0 Å². The Labute approximate surface area is 169 Å². The second-order valence-electron chi connectivity index (χ2n) is 5.51. The molecule has 1 aromatic heterocycles. The highest BCUT2D eigenvalue weighted by atomic mass is 35.5. The van der Waals surface area contributed by atoms with Crippen LogP contribution in [0.2, 0.25) is 10.0 Å². The van der Waals surface area contributed by atoms with Gasteiger partial charge in [0.05, 0.1) is 28.1 Å². The predicted molar refractivity (Wildman–Crippen MR) is 104 cm³/mol. The minimum atomic E-state index is -0.627. The van der Waals surface area contributed by atoms with Crippen LogP contribution in [-0.4, -0.2) is 17.7 Å². The molecule has 3 aromatic rings. The van der Waals surface area contributed by atoms with Gasteiger partial charge in [-0.15, -0.1) is 0 Å². The first kappa shape index (κ1) is 19.5. The molecule has 0 unspecified atom stereocenters. The van der Waals surface area contributed by atoms with Crippen molar-refractivity contribution in [3.8, 4) is 0 Å². The lowest BCUT2D eigenvalue weighted by molar-refractivity contribution is 0.0831. The number of furan rings is 1. The summed E-state index contributed by atoms with van der Waals surface area (Å²) in [6, 6.07) is 13.8. The maximum Gasteiger partial charge on any atom is 0.305 e. The number of para-hydroxylation sites is 1. The number of anilines is 1. The van der Waals surface area contributed by atoms with Crippen LogP contribution in [0, 0.1) is 0 Å². The van der Waals surface area contributed by atoms with Gasteiger partial charge in [0.15, 0.2) is 5.76 Å². The molecule has 142 valence electrons. The van der Waals surface area contributed by atoms with Crippen molar-refractivity contribution in [3.63, 3.8) is 0 Å². The van der Waals surface area contributed by atoms with Gasteiger partial charge in [0.1, 0.15) is 0 Å². The van der Waals surface area contributed by atoms with E-state index in [1.54, 1.807) is 24.3 Å². The van der Waals surface area contributed by atoms with E-state index in [2.05, 4.69) is 16.2 Å². The van der Waals surface area contributed by atoms with Gasteiger partial charge >= 0.3 is 5.91 Å². The Morgan fingerprint density at radius 3 is 2.25 bits per heavy atom. The Hall–Kier alpha value is -3.29. The fourth-order valence-corrected chi connectivity index (χ4v) is 2.80. The van der Waals surface area contributed by atoms with Gasteiger partial charge in [0, 0.05) is 5.02 Å². The van der Waals surface area contributed by atoms with Gasteiger partial charge in [-0.05, 0) is 42.5 Å². The van der Waals surface area contributed by atoms with Crippen molar-refractivity contribution in [2.24, 2.45) is 0 Å². The van der Waals surface area contributed by atoms with Crippen LogP contribution in [0.15, 0.2) is 65.3 Å². The number of benzene rings is 2. The summed E-state index contributed by atoms with van der Waals surface area (Å²) in [5.74, 6) is -1.72. The van der Waals surface area contributed by atoms with Crippen LogP contribution in [-0.2, 0) is 0 Å². The van der Waals surface area contributed by atoms with Crippen molar-refractivity contribution in [1.82, 2.24) is 10.9 Å². The number of carbonyl (C=O) groups is 3. The highest BCUT2D eigenvalue weighted by molar-refractivity contribution is 6.37. The summed E-state index contributed by atoms with van der Waals surface area (Å²) in [6.07, 6.45) is 1.34. The Kier molecular flexibility index (Phi) is 5.98. The number of hydrogen-bond donors (Lipinski definition) is 3. The average Bonchev–Trinajstić information content (AvgIpc) is 3.21. The molecule has 1 heterocycles. The third-order valence-corrected chi connectivity index (χ3v) is 4.18. The summed E-state index contributed by atoms with van der Waals surface area (Å²) >= 11 is 11.9. The van der Waals surface area contributed by atoms with Crippen LogP contribution in [0.3, 0.4) is 0 Å². The molecule has 0 atom stereocenters. The number of rotatable bonds is 4. The molecule has 3 amide bonds. The molecule has 0 saturated carbocycles. The first-order valence-corrected chi connectivity index (χ1v) is 8.71. The van der Waals surface area contributed by atoms with Gasteiger partial charge in [-0.2, -0.15) is 0 Å². The smallest absolute Gasteiger partial charge is 0.305 e. The summed E-state index contributed by atoms with van der Waals surface area (Å²) < 4.78 is 4.94. The molecule has 7 nitrogen and oxygen atoms in total. The number of nitrogens with one attached hydrogen (secondary N) is 3. The van der Waals surface area contributed by atoms with Crippen LogP contribution in [0.25, 0.3) is 0 Å². The molecule has 0 aliphatic heterocycles. The number of hydrazine groups is 1. The van der Waals surface area contributed by atoms with Crippen molar-refractivity contribution >= 4 is 46.6 Å². The number of amides is 3. The Morgan fingerprint density at radius 2 is 1.54 bits per heavy atom. The fraction of sp³-hybridized carbons (Fsp3) is 0. The maximum absolute atomic E-state index is 12.5. The third-order valence-electron chi connectivity index (χ3n) is 3.63. The SMILES string of the molecule is O=C(NNC(=O)c1ccccc1NC(=O)c1ccc(Cl)cc1Cl)c1ccco1. The van der Waals surface area contributed by atoms with Crippen LogP contribution >= 0.6 is 23.2 Å². The molecule has 0 aliphatic carbocycles. The molecule has 28 heavy (non-hydrogen) atoms. The molecule has 3 N–H and O–H groups in total. The Morgan fingerprint density at radius 1 is 0.786 bits per heavy atom. The standard InChI is InChI=1S/C19H13Cl2N3O4/c20-11-7-8-12(14(21)10-11)17(25)22-15-5-2-1-4-13(15)18(26)23-24-19(27)16-6-3-9-28-16/h1-10H,(H,22,25)(H,23,26)(H,24,27). The van der Waals surface area contributed by atoms with Gasteiger partial charge in [0.2, 0.25) is 0 Å². The van der Waals surface area contributed by atoms with Crippen molar-refractivity contribution in [2.75, 3.05) is 5.32 Å². The first-order valence-electron chi connectivity index (χ1n) is 7.95. The van der Waals surface area contributed by atoms with E-state index in [9.17, 15) is 14.4 Å². The second-order valence-corrected chi connectivity index (χ2v) is 6.35. The van der Waals surface area contributed by atoms with Crippen LogP contribution in [0.1, 0.15) is 31.3 Å². The average molecular weight is 418 g/mol. The van der Waals surface area contributed by atoms with Gasteiger partial charge < -0.3 is 9.73 Å². The predicted octanol–water partition coefficient (Wildman–Crippen LogP) is 3.91. The summed E-state index contributed by atoms with van der Waals surface area (Å²) in [4.78, 5) is 36.7. The molecular weight excluding hydrogens is 405 g/mol. The fourth-order valence-electron chi connectivity index (χ4n) is 2.30. The van der Waals surface area contributed by atoms with Gasteiger partial charge in [-0.3, -0.25) is 25.2 Å². The summed E-state index contributed by atoms with van der Waals surface area (Å²) in [6.45, 7) is 0. The van der Waals surface area contributed by atoms with Gasteiger partial charge in [0.25, 0.3) is 11.8 Å². The molecule has 3 rings (SSSR count). The lowest BCUT2D eigenvalue weighted by Crippen LogP contribution is -2.41. The number of hydrogen-bond acceptors (Lipinski definition) is 4. The monoisotopic (exact) mass is 417 g/mol. The summed E-state index contributed by atoms with van der Waals surface area (Å²) in [5, 5.41) is 3.20. The van der Waals surface area contributed by atoms with E-state index in [0.29, 0.717) is 5.02 Å². The van der Waals surface area contributed by atoms with Crippen molar-refractivity contribution in [1.29, 1.82) is 0 Å². The third kappa shape index (κ3) is 4.51. The van der Waals surface area contributed by atoms with E-state index in [0.717, 1.165) is 0 Å². The van der Waals surface area contributed by atoms with Crippen molar-refractivity contribution in [3.05, 3.63) is 87.8 Å². The molecule has 0 aliphatic rings. The molecule has 0 fully saturated rings. The molecule has 2 aromatic carbocycles. The highest BCUT2D eigenvalue weighted by Crippen LogP contribution is 2.23. The quantitative estimate of drug-likeness (QED) is 0.560. The van der Waals surface area contributed by atoms with E-state index in [1.165, 1.54) is 36.6 Å². The topological polar surface area (TPSA) is 100 Å². The largest absolute Gasteiger partial charge is 0.459 e. The van der Waals surface area contributed by atoms with Crippen molar-refractivity contribution in [2.45, 2.75) is 0 Å². The van der Waals surface area contributed by atoms with E-state index in [4.69, 9.17) is 27.6 Å². The lowest BCUT2D eigenvalue weighted by Gasteiger charge is -2.12. The number of halogens is 2. The zero-order chi connectivity index (χ0) is 20.1. The highest BCUT2D eigenvalue weighted by Gasteiger charge is 2.17. The van der Waals surface area contributed by atoms with E-state index in [-0.39, 0.29) is 27.6 Å². The van der Waals surface area contributed by atoms with E-state index < -0.39 is 17.7 Å². The van der Waals surface area contributed by atoms with Crippen LogP contribution in [0.4, 0.5) is 5.69 Å². The van der Waals surface area contributed by atoms with Gasteiger partial charge in [-0.25, -0.2) is 0 Å². The zero-order valence-electron chi connectivity index (χ0n) is 14.2. The van der Waals surface area contributed by atoms with E-state index >= 15 is 0 Å². The van der Waals surface area contributed by atoms with Crippen LogP contribution in [0.5, 0.6) is 0 Å². The molecule has 0 saturated heterocycles. The van der Waals surface area contributed by atoms with Crippen LogP contribution < -0.4 is 16.2 Å². The minimum Gasteiger partial charge on any atom is -0.459 e. The van der Waals surface area contributed by atoms with Crippen molar-refractivity contribution < 1.29 is 18.8 Å². The second kappa shape index (κ2) is 8.60. The maximum atomic E-state index is 12.5. The molecule has 9 heteroatoms. The first-order chi connectivity index (χ1) is 13.5. The Bertz CT molecular complexity index is 1040. The molecule has 0 spiro atoms. The lowest BCUT2D eigenvalue weighted by atomic mass is 10.1. The molecular formula is C19H13Cl2N3O4. The molecule has 0 radical (unpaired) electrons. The zero-order valence-corrected chi connectivity index (χ0v) is 15.7. The van der Waals surface area contributed by atoms with Gasteiger partial charge in [-0.1, -0.05) is 35.3 Å². The summed E-state index contributed by atoms with van der Waals surface area (Å²) in [5.41, 5.74) is 5.08.